The highest BCUT2D eigenvalue weighted by molar-refractivity contribution is 5.97. The number of hydrogen-bond acceptors (Lipinski definition) is 5. The zero-order valence-corrected chi connectivity index (χ0v) is 20.4. The highest BCUT2D eigenvalue weighted by Crippen LogP contribution is 2.40. The molecule has 7 heteroatoms. The zero-order valence-electron chi connectivity index (χ0n) is 20.4. The van der Waals surface area contributed by atoms with Crippen LogP contribution in [0.3, 0.4) is 0 Å². The highest BCUT2D eigenvalue weighted by Gasteiger charge is 2.20. The van der Waals surface area contributed by atoms with Crippen molar-refractivity contribution in [2.24, 2.45) is 0 Å². The Morgan fingerprint density at radius 2 is 1.65 bits per heavy atom. The second kappa shape index (κ2) is 12.7. The lowest BCUT2D eigenvalue weighted by Gasteiger charge is -2.18. The predicted molar refractivity (Wildman–Crippen MR) is 131 cm³/mol. The van der Waals surface area contributed by atoms with Gasteiger partial charge in [0.05, 0.1) is 32.4 Å². The van der Waals surface area contributed by atoms with Gasteiger partial charge in [0.1, 0.15) is 17.3 Å². The van der Waals surface area contributed by atoms with E-state index in [2.05, 4.69) is 11.9 Å². The van der Waals surface area contributed by atoms with Crippen molar-refractivity contribution in [3.63, 3.8) is 0 Å². The van der Waals surface area contributed by atoms with Gasteiger partial charge in [-0.05, 0) is 62.1 Å². The van der Waals surface area contributed by atoms with Crippen LogP contribution in [0.1, 0.15) is 31.9 Å². The molecule has 0 aliphatic rings. The second-order valence-electron chi connectivity index (χ2n) is 7.73. The number of carbonyl (C=O) groups is 2. The minimum Gasteiger partial charge on any atom is -0.496 e. The summed E-state index contributed by atoms with van der Waals surface area (Å²) in [5.41, 5.74) is 3.32. The van der Waals surface area contributed by atoms with Gasteiger partial charge >= 0.3 is 0 Å². The third-order valence-corrected chi connectivity index (χ3v) is 5.39. The summed E-state index contributed by atoms with van der Waals surface area (Å²) in [6.07, 6.45) is 1.23. The van der Waals surface area contributed by atoms with Gasteiger partial charge < -0.3 is 19.5 Å². The summed E-state index contributed by atoms with van der Waals surface area (Å²) in [5.74, 6) is -0.281. The molecule has 1 atom stereocenters. The van der Waals surface area contributed by atoms with Gasteiger partial charge in [0.25, 0.3) is 0 Å². The van der Waals surface area contributed by atoms with Gasteiger partial charge in [0, 0.05) is 12.2 Å². The van der Waals surface area contributed by atoms with E-state index in [0.29, 0.717) is 24.7 Å². The largest absolute Gasteiger partial charge is 0.496 e. The van der Waals surface area contributed by atoms with Gasteiger partial charge in [-0.15, -0.1) is 0 Å². The molecule has 1 N–H and O–H groups in total. The Morgan fingerprint density at radius 1 is 1.06 bits per heavy atom. The van der Waals surface area contributed by atoms with Crippen molar-refractivity contribution in [1.29, 1.82) is 0 Å². The van der Waals surface area contributed by atoms with Gasteiger partial charge in [-0.1, -0.05) is 30.8 Å². The fourth-order valence-corrected chi connectivity index (χ4v) is 3.42. The lowest BCUT2D eigenvalue weighted by Crippen LogP contribution is -2.41. The van der Waals surface area contributed by atoms with Crippen molar-refractivity contribution in [3.8, 4) is 22.6 Å². The number of ether oxygens (including phenoxy) is 3. The van der Waals surface area contributed by atoms with E-state index in [1.54, 1.807) is 14.2 Å². The molecule has 6 nitrogen and oxygen atoms in total. The Kier molecular flexibility index (Phi) is 10.0. The fraction of sp³-hybridized carbons (Fsp3) is 0.333. The second-order valence-corrected chi connectivity index (χ2v) is 7.73. The molecule has 0 saturated heterocycles. The summed E-state index contributed by atoms with van der Waals surface area (Å²) >= 11 is 0. The number of ketones is 1. The molecule has 0 radical (unpaired) electrons. The maximum atomic E-state index is 13.7. The summed E-state index contributed by atoms with van der Waals surface area (Å²) in [7, 11) is 3.20. The summed E-state index contributed by atoms with van der Waals surface area (Å²) in [4.78, 5) is 24.4. The first kappa shape index (κ1) is 26.8. The Morgan fingerprint density at radius 3 is 2.12 bits per heavy atom. The molecule has 182 valence electrons. The maximum absolute atomic E-state index is 13.7. The number of carbonyl (C=O) groups excluding carboxylic acids is 2. The Labute approximate surface area is 200 Å². The van der Waals surface area contributed by atoms with Crippen molar-refractivity contribution in [1.82, 2.24) is 5.32 Å². The highest BCUT2D eigenvalue weighted by atomic mass is 19.1. The number of rotatable bonds is 12. The molecule has 0 heterocycles. The first-order chi connectivity index (χ1) is 16.2. The maximum Gasteiger partial charge on any atom is 0.250 e. The molecule has 2 rings (SSSR count). The van der Waals surface area contributed by atoms with Gasteiger partial charge in [-0.2, -0.15) is 0 Å². The lowest BCUT2D eigenvalue weighted by atomic mass is 9.97. The lowest BCUT2D eigenvalue weighted by molar-refractivity contribution is -0.124. The van der Waals surface area contributed by atoms with E-state index < -0.39 is 17.8 Å². The smallest absolute Gasteiger partial charge is 0.250 e. The van der Waals surface area contributed by atoms with E-state index in [9.17, 15) is 14.0 Å². The van der Waals surface area contributed by atoms with Gasteiger partial charge in [0.2, 0.25) is 5.91 Å². The minimum absolute atomic E-state index is 0.122. The number of benzene rings is 2. The molecule has 0 spiro atoms. The third kappa shape index (κ3) is 6.78. The van der Waals surface area contributed by atoms with Crippen LogP contribution in [-0.4, -0.2) is 38.6 Å². The van der Waals surface area contributed by atoms with Crippen LogP contribution < -0.4 is 14.8 Å². The molecule has 1 unspecified atom stereocenters. The Bertz CT molecular complexity index is 1030. The summed E-state index contributed by atoms with van der Waals surface area (Å²) in [6, 6.07) is 10.6. The van der Waals surface area contributed by atoms with Crippen LogP contribution in [0.4, 0.5) is 4.39 Å². The average molecular weight is 470 g/mol. The summed E-state index contributed by atoms with van der Waals surface area (Å²) < 4.78 is 30.4. The van der Waals surface area contributed by atoms with Crippen LogP contribution >= 0.6 is 0 Å². The normalized spacial score (nSPS) is 12.4. The number of hydrogen-bond donors (Lipinski definition) is 1. The molecular weight excluding hydrogens is 437 g/mol. The van der Waals surface area contributed by atoms with Crippen LogP contribution in [-0.2, 0) is 27.4 Å². The average Bonchev–Trinajstić information content (AvgIpc) is 2.85. The van der Waals surface area contributed by atoms with E-state index in [1.165, 1.54) is 13.8 Å². The van der Waals surface area contributed by atoms with Crippen LogP contribution in [0.15, 0.2) is 60.5 Å². The number of amides is 1. The SMILES string of the molecule is C=CC(F)=C(C)C(=O)NC(Cc1ccc(-c2c(OC)cc(COCC)cc2OC)cc1)C(C)=O. The van der Waals surface area contributed by atoms with Crippen LogP contribution in [0.5, 0.6) is 11.5 Å². The van der Waals surface area contributed by atoms with Gasteiger partial charge in [-0.25, -0.2) is 4.39 Å². The molecule has 0 saturated carbocycles. The standard InChI is InChI=1S/C27H32FNO5/c1-7-22(28)17(3)27(31)29-23(18(4)30)13-19-9-11-21(12-10-19)26-24(32-5)14-20(16-34-8-2)15-25(26)33-6/h7,9-12,14-15,23H,1,8,13,16H2,2-6H3,(H,29,31). The molecule has 0 aliphatic heterocycles. The molecule has 0 aliphatic carbocycles. The van der Waals surface area contributed by atoms with E-state index in [-0.39, 0.29) is 17.8 Å². The quantitative estimate of drug-likeness (QED) is 0.352. The first-order valence-electron chi connectivity index (χ1n) is 11.0. The van der Waals surface area contributed by atoms with E-state index in [1.807, 2.05) is 43.3 Å². The van der Waals surface area contributed by atoms with Gasteiger partial charge in [0.15, 0.2) is 5.78 Å². The van der Waals surface area contributed by atoms with Crippen molar-refractivity contribution in [2.75, 3.05) is 20.8 Å². The minimum atomic E-state index is -0.784. The van der Waals surface area contributed by atoms with Crippen molar-refractivity contribution in [2.45, 2.75) is 39.8 Å². The Hall–Kier alpha value is -3.45. The molecule has 0 bridgehead atoms. The molecule has 0 aromatic heterocycles. The zero-order chi connectivity index (χ0) is 25.3. The number of allylic oxidation sites excluding steroid dienone is 2. The molecular formula is C27H32FNO5. The van der Waals surface area contributed by atoms with Crippen molar-refractivity contribution < 1.29 is 28.2 Å². The van der Waals surface area contributed by atoms with Crippen LogP contribution in [0.2, 0.25) is 0 Å². The monoisotopic (exact) mass is 469 g/mol. The predicted octanol–water partition coefficient (Wildman–Crippen LogP) is 4.95. The van der Waals surface area contributed by atoms with Crippen LogP contribution in [0, 0.1) is 0 Å². The molecule has 34 heavy (non-hydrogen) atoms. The fourth-order valence-electron chi connectivity index (χ4n) is 3.42. The molecule has 2 aromatic rings. The summed E-state index contributed by atoms with van der Waals surface area (Å²) in [6.45, 7) is 9.05. The van der Waals surface area contributed by atoms with E-state index in [4.69, 9.17) is 14.2 Å². The Balaban J connectivity index is 2.29. The third-order valence-electron chi connectivity index (χ3n) is 5.39. The van der Waals surface area contributed by atoms with E-state index >= 15 is 0 Å². The van der Waals surface area contributed by atoms with Crippen molar-refractivity contribution in [3.05, 3.63) is 71.6 Å². The molecule has 0 fully saturated rings. The number of Topliss-reactive ketones (excluding diaryl/α,β-unsaturated/α-hetero) is 1. The van der Waals surface area contributed by atoms with Gasteiger partial charge in [-0.3, -0.25) is 9.59 Å². The topological polar surface area (TPSA) is 73.9 Å². The van der Waals surface area contributed by atoms with E-state index in [0.717, 1.165) is 28.3 Å². The van der Waals surface area contributed by atoms with Crippen molar-refractivity contribution >= 4 is 11.7 Å². The van der Waals surface area contributed by atoms with Crippen LogP contribution in [0.25, 0.3) is 11.1 Å². The molecule has 1 amide bonds. The number of nitrogens with one attached hydrogen (secondary N) is 1. The molecule has 2 aromatic carbocycles. The number of methoxy groups -OCH3 is 2. The number of halogens is 1. The first-order valence-corrected chi connectivity index (χ1v) is 11.0. The summed E-state index contributed by atoms with van der Waals surface area (Å²) in [5, 5.41) is 2.60.